The Balaban J connectivity index is 1.50. The maximum absolute atomic E-state index is 13.7. The number of carboxylic acids is 1. The van der Waals surface area contributed by atoms with Gasteiger partial charge in [0, 0.05) is 35.7 Å². The summed E-state index contributed by atoms with van der Waals surface area (Å²) in [5.41, 5.74) is 2.07. The predicted octanol–water partition coefficient (Wildman–Crippen LogP) is 6.41. The van der Waals surface area contributed by atoms with Gasteiger partial charge in [-0.1, -0.05) is 30.3 Å². The van der Waals surface area contributed by atoms with Crippen molar-refractivity contribution in [3.63, 3.8) is 0 Å². The molecule has 0 spiro atoms. The molecule has 0 bridgehead atoms. The first-order valence-electron chi connectivity index (χ1n) is 12.9. The number of benzene rings is 2. The molecule has 1 amide bonds. The Morgan fingerprint density at radius 1 is 1.09 bits per heavy atom. The van der Waals surface area contributed by atoms with E-state index in [2.05, 4.69) is 0 Å². The lowest BCUT2D eigenvalue weighted by Crippen LogP contribution is -2.39. The van der Waals surface area contributed by atoms with Gasteiger partial charge in [0.2, 0.25) is 0 Å². The van der Waals surface area contributed by atoms with Crippen LogP contribution in [0.25, 0.3) is 11.3 Å². The summed E-state index contributed by atoms with van der Waals surface area (Å²) in [6.45, 7) is 1.55. The first-order valence-corrected chi connectivity index (χ1v) is 12.3. The molecule has 4 rings (SSSR count). The quantitative estimate of drug-likeness (QED) is 0.288. The SMILES string of the molecule is [2H]C(c1ccccc1OCCCCCC(=O)O)N(C(=O)c1ccc(-c2ccco2)cc1)C(C)C1CC1. The number of ether oxygens (including phenoxy) is 1. The first-order chi connectivity index (χ1) is 17.5. The maximum atomic E-state index is 13.7. The maximum Gasteiger partial charge on any atom is 0.303 e. The molecule has 1 saturated carbocycles. The van der Waals surface area contributed by atoms with E-state index < -0.39 is 12.5 Å². The molecule has 3 aromatic rings. The number of hydrogen-bond donors (Lipinski definition) is 1. The zero-order chi connectivity index (χ0) is 25.5. The van der Waals surface area contributed by atoms with Crippen LogP contribution in [-0.2, 0) is 11.3 Å². The highest BCUT2D eigenvalue weighted by Gasteiger charge is 2.35. The van der Waals surface area contributed by atoms with E-state index in [1.54, 1.807) is 23.3 Å². The van der Waals surface area contributed by atoms with Crippen LogP contribution >= 0.6 is 0 Å². The molecule has 1 fully saturated rings. The van der Waals surface area contributed by atoms with Gasteiger partial charge in [-0.15, -0.1) is 0 Å². The van der Waals surface area contributed by atoms with Crippen molar-refractivity contribution >= 4 is 11.9 Å². The van der Waals surface area contributed by atoms with Crippen molar-refractivity contribution in [2.45, 2.75) is 58.0 Å². The number of furan rings is 1. The third kappa shape index (κ3) is 6.75. The Hall–Kier alpha value is -3.54. The lowest BCUT2D eigenvalue weighted by molar-refractivity contribution is -0.137. The molecule has 0 aliphatic heterocycles. The topological polar surface area (TPSA) is 80.0 Å². The number of rotatable bonds is 13. The predicted molar refractivity (Wildman–Crippen MR) is 134 cm³/mol. The summed E-state index contributed by atoms with van der Waals surface area (Å²) >= 11 is 0. The summed E-state index contributed by atoms with van der Waals surface area (Å²) in [6.07, 6.45) is 6.00. The molecule has 1 aliphatic carbocycles. The van der Waals surface area contributed by atoms with Gasteiger partial charge in [0.05, 0.1) is 14.2 Å². The Morgan fingerprint density at radius 2 is 1.86 bits per heavy atom. The van der Waals surface area contributed by atoms with Crippen molar-refractivity contribution in [2.24, 2.45) is 5.92 Å². The first kappa shape index (κ1) is 23.2. The molecule has 1 aliphatic rings. The van der Waals surface area contributed by atoms with Gasteiger partial charge in [-0.2, -0.15) is 0 Å². The summed E-state index contributed by atoms with van der Waals surface area (Å²) < 4.78 is 20.6. The van der Waals surface area contributed by atoms with E-state index in [1.165, 1.54) is 0 Å². The second kappa shape index (κ2) is 11.7. The molecule has 2 aromatic carbocycles. The molecule has 2 unspecified atom stereocenters. The summed E-state index contributed by atoms with van der Waals surface area (Å²) in [5, 5.41) is 8.78. The molecule has 6 heteroatoms. The molecule has 1 aromatic heterocycles. The molecule has 0 radical (unpaired) electrons. The molecule has 184 valence electrons. The van der Waals surface area contributed by atoms with Crippen LogP contribution in [0.1, 0.15) is 62.7 Å². The zero-order valence-corrected chi connectivity index (χ0v) is 20.1. The number of unbranched alkanes of at least 4 members (excludes halogenated alkanes) is 2. The fourth-order valence-electron chi connectivity index (χ4n) is 4.14. The van der Waals surface area contributed by atoms with E-state index in [1.807, 2.05) is 55.5 Å². The number of carboxylic acid groups (broad SMARTS) is 1. The average molecular weight is 477 g/mol. The Labute approximate surface area is 207 Å². The number of hydrogen-bond acceptors (Lipinski definition) is 4. The van der Waals surface area contributed by atoms with Gasteiger partial charge in [-0.05, 0) is 75.3 Å². The van der Waals surface area contributed by atoms with Crippen LogP contribution in [0.15, 0.2) is 71.3 Å². The van der Waals surface area contributed by atoms with Crippen molar-refractivity contribution in [3.8, 4) is 17.1 Å². The smallest absolute Gasteiger partial charge is 0.303 e. The lowest BCUT2D eigenvalue weighted by atomic mass is 10.1. The molecule has 1 heterocycles. The van der Waals surface area contributed by atoms with Crippen LogP contribution in [0.2, 0.25) is 0 Å². The summed E-state index contributed by atoms with van der Waals surface area (Å²) in [7, 11) is 0. The van der Waals surface area contributed by atoms with Gasteiger partial charge in [0.1, 0.15) is 11.5 Å². The second-order valence-corrected chi connectivity index (χ2v) is 9.06. The molecular formula is C29H33NO5. The van der Waals surface area contributed by atoms with Crippen LogP contribution in [0.5, 0.6) is 5.75 Å². The fraction of sp³-hybridized carbons (Fsp3) is 0.379. The minimum atomic E-state index is -0.916. The summed E-state index contributed by atoms with van der Waals surface area (Å²) in [4.78, 5) is 26.1. The fourth-order valence-corrected chi connectivity index (χ4v) is 4.14. The van der Waals surface area contributed by atoms with Gasteiger partial charge in [0.25, 0.3) is 5.91 Å². The third-order valence-corrected chi connectivity index (χ3v) is 6.40. The standard InChI is InChI=1S/C29H33NO5/c1-21(22-12-13-22)30(29(33)24-16-14-23(15-17-24)26-10-7-19-35-26)20-25-8-4-5-9-27(25)34-18-6-2-3-11-28(31)32/h4-5,7-10,14-17,19,21-22H,2-3,6,11-13,18,20H2,1H3,(H,31,32)/i20D. The minimum absolute atomic E-state index is 0.0752. The van der Waals surface area contributed by atoms with Crippen LogP contribution in [0.3, 0.4) is 0 Å². The highest BCUT2D eigenvalue weighted by atomic mass is 16.5. The molecule has 35 heavy (non-hydrogen) atoms. The number of para-hydroxylation sites is 1. The highest BCUT2D eigenvalue weighted by Crippen LogP contribution is 2.37. The van der Waals surface area contributed by atoms with E-state index >= 15 is 0 Å². The molecule has 6 nitrogen and oxygen atoms in total. The minimum Gasteiger partial charge on any atom is -0.493 e. The van der Waals surface area contributed by atoms with Crippen molar-refractivity contribution < 1.29 is 25.2 Å². The average Bonchev–Trinajstić information content (AvgIpc) is 3.60. The van der Waals surface area contributed by atoms with Gasteiger partial charge < -0.3 is 19.2 Å². The molecule has 0 saturated heterocycles. The van der Waals surface area contributed by atoms with E-state index in [-0.39, 0.29) is 18.4 Å². The van der Waals surface area contributed by atoms with Crippen molar-refractivity contribution in [1.29, 1.82) is 0 Å². The van der Waals surface area contributed by atoms with Gasteiger partial charge in [-0.3, -0.25) is 9.59 Å². The summed E-state index contributed by atoms with van der Waals surface area (Å²) in [6, 6.07) is 18.3. The zero-order valence-electron chi connectivity index (χ0n) is 21.1. The number of amides is 1. The Bertz CT molecular complexity index is 1140. The van der Waals surface area contributed by atoms with Crippen LogP contribution in [0.4, 0.5) is 0 Å². The van der Waals surface area contributed by atoms with Gasteiger partial charge >= 0.3 is 5.97 Å². The number of carbonyl (C=O) groups excluding carboxylic acids is 1. The van der Waals surface area contributed by atoms with E-state index in [0.29, 0.717) is 35.8 Å². The number of aliphatic carboxylic acids is 1. The van der Waals surface area contributed by atoms with Crippen molar-refractivity contribution in [1.82, 2.24) is 4.90 Å². The summed E-state index contributed by atoms with van der Waals surface area (Å²) in [5.74, 6) is 0.758. The molecular weight excluding hydrogens is 442 g/mol. The van der Waals surface area contributed by atoms with Gasteiger partial charge in [0.15, 0.2) is 0 Å². The van der Waals surface area contributed by atoms with Crippen molar-refractivity contribution in [2.75, 3.05) is 6.61 Å². The monoisotopic (exact) mass is 476 g/mol. The molecule has 2 atom stereocenters. The largest absolute Gasteiger partial charge is 0.493 e. The van der Waals surface area contributed by atoms with Crippen LogP contribution in [0, 0.1) is 5.92 Å². The highest BCUT2D eigenvalue weighted by molar-refractivity contribution is 5.95. The number of carbonyl (C=O) groups is 2. The molecule has 1 N–H and O–H groups in total. The third-order valence-electron chi connectivity index (χ3n) is 6.40. The van der Waals surface area contributed by atoms with E-state index in [4.69, 9.17) is 15.6 Å². The second-order valence-electron chi connectivity index (χ2n) is 9.06. The van der Waals surface area contributed by atoms with Crippen LogP contribution in [-0.4, -0.2) is 34.5 Å². The normalized spacial score (nSPS) is 15.2. The van der Waals surface area contributed by atoms with E-state index in [0.717, 1.165) is 37.0 Å². The lowest BCUT2D eigenvalue weighted by Gasteiger charge is -2.30. The number of nitrogens with zero attached hydrogens (tertiary/aromatic N) is 1. The van der Waals surface area contributed by atoms with Crippen molar-refractivity contribution in [3.05, 3.63) is 78.1 Å². The van der Waals surface area contributed by atoms with E-state index in [9.17, 15) is 9.59 Å². The Morgan fingerprint density at radius 3 is 2.54 bits per heavy atom. The van der Waals surface area contributed by atoms with Crippen LogP contribution < -0.4 is 4.74 Å². The van der Waals surface area contributed by atoms with Gasteiger partial charge in [-0.25, -0.2) is 0 Å². The Kier molecular flexibility index (Phi) is 7.78.